The fourth-order valence-electron chi connectivity index (χ4n) is 3.86. The molecule has 230 valence electrons. The number of imidazole rings is 1. The number of aromatic amines is 1. The summed E-state index contributed by atoms with van der Waals surface area (Å²) >= 11 is 0. The Hall–Kier alpha value is -4.13. The Labute approximate surface area is 245 Å². The Kier molecular flexibility index (Phi) is 12.8. The van der Waals surface area contributed by atoms with Gasteiger partial charge in [0.2, 0.25) is 0 Å². The summed E-state index contributed by atoms with van der Waals surface area (Å²) in [6.45, 7) is 13.3. The van der Waals surface area contributed by atoms with E-state index in [1.807, 2.05) is 41.5 Å². The molecule has 4 N–H and O–H groups in total. The molecule has 0 spiro atoms. The van der Waals surface area contributed by atoms with Gasteiger partial charge in [-0.15, -0.1) is 0 Å². The van der Waals surface area contributed by atoms with E-state index in [1.165, 1.54) is 4.57 Å². The summed E-state index contributed by atoms with van der Waals surface area (Å²) < 4.78 is 17.8. The standard InChI is InChI=1S/C26H37N9O5.C2H6/c1-25(2,11-13-40-26(3,4)10-12-29-34-28)33-22(36)18-8-6-17(7-9-18)16-35-21-19(30-24(35)37)20(27)31-23(32-21)39-15-14-38-5;1-2/h6-9H,10-16H2,1-5H3,(H,30,37)(H,33,36)(H2,27,31,32);1-2H3. The third-order valence-corrected chi connectivity index (χ3v) is 6.25. The van der Waals surface area contributed by atoms with Crippen LogP contribution in [0.25, 0.3) is 21.6 Å². The highest BCUT2D eigenvalue weighted by Crippen LogP contribution is 2.20. The maximum absolute atomic E-state index is 12.9. The van der Waals surface area contributed by atoms with Crippen molar-refractivity contribution in [3.63, 3.8) is 0 Å². The molecule has 2 aromatic heterocycles. The molecule has 0 aliphatic heterocycles. The van der Waals surface area contributed by atoms with Crippen molar-refractivity contribution in [2.75, 3.05) is 39.2 Å². The zero-order chi connectivity index (χ0) is 31.3. The molecule has 42 heavy (non-hydrogen) atoms. The summed E-state index contributed by atoms with van der Waals surface area (Å²) in [7, 11) is 1.55. The number of hydrogen-bond donors (Lipinski definition) is 3. The molecule has 14 heteroatoms. The van der Waals surface area contributed by atoms with Gasteiger partial charge in [0.05, 0.1) is 18.8 Å². The summed E-state index contributed by atoms with van der Waals surface area (Å²) in [4.78, 5) is 39.4. The molecular weight excluding hydrogens is 542 g/mol. The largest absolute Gasteiger partial charge is 0.461 e. The number of methoxy groups -OCH3 is 1. The lowest BCUT2D eigenvalue weighted by atomic mass is 9.99. The number of anilines is 1. The van der Waals surface area contributed by atoms with Crippen molar-refractivity contribution in [1.29, 1.82) is 0 Å². The SMILES string of the molecule is CC.COCCOc1nc(N)c2[nH]c(=O)n(Cc3ccc(C(=O)NC(C)(C)CCOC(C)(C)CCN=[N+]=[N-])cc3)c2n1. The van der Waals surface area contributed by atoms with E-state index in [0.717, 1.165) is 5.56 Å². The van der Waals surface area contributed by atoms with Crippen molar-refractivity contribution < 1.29 is 19.0 Å². The molecule has 2 heterocycles. The van der Waals surface area contributed by atoms with Crippen molar-refractivity contribution in [3.05, 3.63) is 56.3 Å². The van der Waals surface area contributed by atoms with Crippen molar-refractivity contribution in [1.82, 2.24) is 24.8 Å². The summed E-state index contributed by atoms with van der Waals surface area (Å²) in [5.74, 6) is -0.119. The Morgan fingerprint density at radius 3 is 2.45 bits per heavy atom. The van der Waals surface area contributed by atoms with E-state index >= 15 is 0 Å². The number of rotatable bonds is 15. The molecule has 0 saturated heterocycles. The van der Waals surface area contributed by atoms with Gasteiger partial charge in [-0.05, 0) is 63.8 Å². The number of hydrogen-bond acceptors (Lipinski definition) is 9. The normalized spacial score (nSPS) is 11.4. The topological polar surface area (TPSA) is 195 Å². The first-order chi connectivity index (χ1) is 19.9. The van der Waals surface area contributed by atoms with E-state index in [1.54, 1.807) is 31.4 Å². The number of nitrogens with zero attached hydrogens (tertiary/aromatic N) is 6. The van der Waals surface area contributed by atoms with Crippen LogP contribution in [0.2, 0.25) is 0 Å². The van der Waals surface area contributed by atoms with Crippen LogP contribution in [0.4, 0.5) is 5.82 Å². The van der Waals surface area contributed by atoms with Crippen LogP contribution in [-0.4, -0.2) is 70.0 Å². The molecule has 3 rings (SSSR count). The number of carbonyl (C=O) groups is 1. The summed E-state index contributed by atoms with van der Waals surface area (Å²) in [6.07, 6.45) is 1.19. The second-order valence-electron chi connectivity index (χ2n) is 10.5. The van der Waals surface area contributed by atoms with Gasteiger partial charge in [-0.25, -0.2) is 4.79 Å². The first kappa shape index (κ1) is 34.1. The van der Waals surface area contributed by atoms with Gasteiger partial charge in [0.15, 0.2) is 11.5 Å². The summed E-state index contributed by atoms with van der Waals surface area (Å²) in [5, 5.41) is 6.60. The number of carbonyl (C=O) groups excluding carboxylic acids is 1. The zero-order valence-electron chi connectivity index (χ0n) is 25.6. The Morgan fingerprint density at radius 2 is 1.81 bits per heavy atom. The predicted molar refractivity (Wildman–Crippen MR) is 162 cm³/mol. The molecule has 0 radical (unpaired) electrons. The molecule has 0 atom stereocenters. The van der Waals surface area contributed by atoms with E-state index in [-0.39, 0.29) is 30.9 Å². The monoisotopic (exact) mass is 585 g/mol. The molecule has 3 aromatic rings. The van der Waals surface area contributed by atoms with Gasteiger partial charge < -0.3 is 30.2 Å². The minimum Gasteiger partial charge on any atom is -0.461 e. The lowest BCUT2D eigenvalue weighted by molar-refractivity contribution is -0.0286. The van der Waals surface area contributed by atoms with Crippen LogP contribution in [0.15, 0.2) is 34.2 Å². The number of azide groups is 1. The Bertz CT molecular complexity index is 1410. The summed E-state index contributed by atoms with van der Waals surface area (Å²) in [5.41, 5.74) is 15.0. The fourth-order valence-corrected chi connectivity index (χ4v) is 3.86. The molecule has 0 aliphatic carbocycles. The molecule has 0 bridgehead atoms. The maximum Gasteiger partial charge on any atom is 0.328 e. The van der Waals surface area contributed by atoms with E-state index in [9.17, 15) is 9.59 Å². The molecule has 0 unspecified atom stereocenters. The summed E-state index contributed by atoms with van der Waals surface area (Å²) in [6, 6.07) is 7.02. The number of H-pyrrole nitrogens is 1. The molecular formula is C28H43N9O5. The molecule has 1 amide bonds. The van der Waals surface area contributed by atoms with Gasteiger partial charge in [0.1, 0.15) is 12.1 Å². The number of aromatic nitrogens is 4. The van der Waals surface area contributed by atoms with Gasteiger partial charge in [0, 0.05) is 36.3 Å². The lowest BCUT2D eigenvalue weighted by Gasteiger charge is -2.30. The first-order valence-corrected chi connectivity index (χ1v) is 13.9. The van der Waals surface area contributed by atoms with Gasteiger partial charge in [0.25, 0.3) is 5.91 Å². The van der Waals surface area contributed by atoms with Crippen LogP contribution in [0.3, 0.4) is 0 Å². The van der Waals surface area contributed by atoms with Crippen molar-refractivity contribution in [3.8, 4) is 6.01 Å². The van der Waals surface area contributed by atoms with Crippen molar-refractivity contribution >= 4 is 22.9 Å². The third kappa shape index (κ3) is 10.1. The average Bonchev–Trinajstić information content (AvgIpc) is 3.25. The van der Waals surface area contributed by atoms with Crippen LogP contribution in [0.1, 0.15) is 70.3 Å². The van der Waals surface area contributed by atoms with E-state index in [0.29, 0.717) is 49.3 Å². The fraction of sp³-hybridized carbons (Fsp3) is 0.571. The number of fused-ring (bicyclic) bond motifs is 1. The highest BCUT2D eigenvalue weighted by atomic mass is 16.5. The van der Waals surface area contributed by atoms with Gasteiger partial charge >= 0.3 is 11.7 Å². The van der Waals surface area contributed by atoms with E-state index in [2.05, 4.69) is 30.3 Å². The Morgan fingerprint density at radius 1 is 1.12 bits per heavy atom. The van der Waals surface area contributed by atoms with Crippen LogP contribution in [-0.2, 0) is 16.0 Å². The van der Waals surface area contributed by atoms with Crippen LogP contribution >= 0.6 is 0 Å². The Balaban J connectivity index is 0.00000301. The minimum atomic E-state index is -0.517. The van der Waals surface area contributed by atoms with E-state index < -0.39 is 16.8 Å². The maximum atomic E-state index is 12.9. The number of benzene rings is 1. The van der Waals surface area contributed by atoms with Gasteiger partial charge in [-0.3, -0.25) is 9.36 Å². The third-order valence-electron chi connectivity index (χ3n) is 6.25. The van der Waals surface area contributed by atoms with Gasteiger partial charge in [-0.2, -0.15) is 9.97 Å². The molecule has 0 fully saturated rings. The minimum absolute atomic E-state index is 0.0477. The van der Waals surface area contributed by atoms with Crippen LogP contribution < -0.4 is 21.5 Å². The zero-order valence-corrected chi connectivity index (χ0v) is 25.6. The quantitative estimate of drug-likeness (QED) is 0.102. The second kappa shape index (κ2) is 15.8. The number of nitrogen functional groups attached to an aromatic ring is 1. The number of amides is 1. The average molecular weight is 586 g/mol. The lowest BCUT2D eigenvalue weighted by Crippen LogP contribution is -2.44. The smallest absolute Gasteiger partial charge is 0.328 e. The van der Waals surface area contributed by atoms with Crippen molar-refractivity contribution in [2.24, 2.45) is 5.11 Å². The van der Waals surface area contributed by atoms with Crippen molar-refractivity contribution in [2.45, 2.75) is 72.1 Å². The number of ether oxygens (including phenoxy) is 3. The van der Waals surface area contributed by atoms with E-state index in [4.69, 9.17) is 25.5 Å². The molecule has 14 nitrogen and oxygen atoms in total. The highest BCUT2D eigenvalue weighted by molar-refractivity contribution is 5.94. The van der Waals surface area contributed by atoms with Gasteiger partial charge in [-0.1, -0.05) is 31.1 Å². The predicted octanol–water partition coefficient (Wildman–Crippen LogP) is 4.20. The number of nitrogens with two attached hydrogens (primary N) is 1. The first-order valence-electron chi connectivity index (χ1n) is 13.9. The van der Waals surface area contributed by atoms with Crippen LogP contribution in [0.5, 0.6) is 6.01 Å². The van der Waals surface area contributed by atoms with Crippen LogP contribution in [0, 0.1) is 0 Å². The molecule has 0 aliphatic rings. The second-order valence-corrected chi connectivity index (χ2v) is 10.5. The number of nitrogens with one attached hydrogen (secondary N) is 2. The molecule has 0 saturated carbocycles. The molecule has 1 aromatic carbocycles. The highest BCUT2D eigenvalue weighted by Gasteiger charge is 2.24.